The monoisotopic (exact) mass is 435 g/mol. The highest BCUT2D eigenvalue weighted by molar-refractivity contribution is 5.76. The largest absolute Gasteiger partial charge is 0.351 e. The molecule has 0 saturated heterocycles. The van der Waals surface area contributed by atoms with Crippen LogP contribution in [0.1, 0.15) is 52.3 Å². The fraction of sp³-hybridized carbons (Fsp3) is 0.321. The minimum atomic E-state index is -0.267. The van der Waals surface area contributed by atoms with Gasteiger partial charge >= 0.3 is 0 Å². The third-order valence-corrected chi connectivity index (χ3v) is 6.66. The second-order valence-corrected chi connectivity index (χ2v) is 9.07. The van der Waals surface area contributed by atoms with Gasteiger partial charge in [0.25, 0.3) is 0 Å². The van der Waals surface area contributed by atoms with Gasteiger partial charge in [0.05, 0.1) is 12.6 Å². The molecule has 0 N–H and O–H groups in total. The molecule has 3 heterocycles. The van der Waals surface area contributed by atoms with E-state index in [1.807, 2.05) is 6.92 Å². The second-order valence-electron chi connectivity index (χ2n) is 9.07. The number of hydrogen-bond acceptors (Lipinski definition) is 4. The number of pyridine rings is 1. The van der Waals surface area contributed by atoms with Gasteiger partial charge in [0.1, 0.15) is 17.4 Å². The zero-order chi connectivity index (χ0) is 23.1. The van der Waals surface area contributed by atoms with Gasteiger partial charge in [-0.05, 0) is 61.6 Å². The topological polar surface area (TPSA) is 57.7 Å². The maximum atomic E-state index is 9.95. The first-order chi connectivity index (χ1) is 16.0. The molecule has 33 heavy (non-hydrogen) atoms. The molecule has 1 aliphatic rings. The SMILES string of the molecule is CCc1nc2c(C)cc(C)nc2n1Cc1ccc2c(c1)CCN2C(C#N)c1ccc(C)cc1. The molecular formula is C28H29N5. The lowest BCUT2D eigenvalue weighted by Crippen LogP contribution is -2.25. The molecule has 0 saturated carbocycles. The van der Waals surface area contributed by atoms with Crippen molar-refractivity contribution in [3.63, 3.8) is 0 Å². The first-order valence-electron chi connectivity index (χ1n) is 11.7. The lowest BCUT2D eigenvalue weighted by molar-refractivity contribution is 0.745. The molecule has 4 aromatic rings. The molecule has 1 atom stereocenters. The fourth-order valence-corrected chi connectivity index (χ4v) is 4.99. The Kier molecular flexibility index (Phi) is 5.38. The van der Waals surface area contributed by atoms with Crippen molar-refractivity contribution < 1.29 is 0 Å². The van der Waals surface area contributed by atoms with Crippen molar-refractivity contribution in [1.29, 1.82) is 5.26 Å². The zero-order valence-electron chi connectivity index (χ0n) is 19.8. The predicted molar refractivity (Wildman–Crippen MR) is 133 cm³/mol. The number of imidazole rings is 1. The molecule has 0 aliphatic carbocycles. The molecule has 0 fully saturated rings. The molecule has 0 bridgehead atoms. The lowest BCUT2D eigenvalue weighted by atomic mass is 10.0. The first kappa shape index (κ1) is 21.2. The van der Waals surface area contributed by atoms with Crippen molar-refractivity contribution in [2.45, 2.75) is 53.1 Å². The number of rotatable bonds is 5. The van der Waals surface area contributed by atoms with Gasteiger partial charge < -0.3 is 9.47 Å². The summed E-state index contributed by atoms with van der Waals surface area (Å²) in [5.41, 5.74) is 10.1. The van der Waals surface area contributed by atoms with Crippen LogP contribution < -0.4 is 4.90 Å². The quantitative estimate of drug-likeness (QED) is 0.410. The summed E-state index contributed by atoms with van der Waals surface area (Å²) < 4.78 is 2.26. The van der Waals surface area contributed by atoms with E-state index in [1.165, 1.54) is 27.9 Å². The normalized spacial score (nSPS) is 13.8. The van der Waals surface area contributed by atoms with Crippen molar-refractivity contribution in [2.24, 2.45) is 0 Å². The van der Waals surface area contributed by atoms with Crippen molar-refractivity contribution >= 4 is 16.9 Å². The Morgan fingerprint density at radius 3 is 2.55 bits per heavy atom. The molecule has 166 valence electrons. The third-order valence-electron chi connectivity index (χ3n) is 6.66. The van der Waals surface area contributed by atoms with Crippen LogP contribution in [0.25, 0.3) is 11.2 Å². The minimum Gasteiger partial charge on any atom is -0.351 e. The van der Waals surface area contributed by atoms with E-state index in [2.05, 4.69) is 84.8 Å². The summed E-state index contributed by atoms with van der Waals surface area (Å²) in [6.07, 6.45) is 1.82. The van der Waals surface area contributed by atoms with Crippen LogP contribution in [0.3, 0.4) is 0 Å². The van der Waals surface area contributed by atoms with E-state index >= 15 is 0 Å². The van der Waals surface area contributed by atoms with Crippen LogP contribution in [0.15, 0.2) is 48.5 Å². The highest BCUT2D eigenvalue weighted by Gasteiger charge is 2.27. The van der Waals surface area contributed by atoms with E-state index < -0.39 is 0 Å². The van der Waals surface area contributed by atoms with Crippen molar-refractivity contribution in [2.75, 3.05) is 11.4 Å². The maximum Gasteiger partial charge on any atom is 0.160 e. The molecule has 2 aromatic heterocycles. The summed E-state index contributed by atoms with van der Waals surface area (Å²) in [6.45, 7) is 9.98. The number of fused-ring (bicyclic) bond motifs is 2. The summed E-state index contributed by atoms with van der Waals surface area (Å²) in [5, 5.41) is 9.95. The van der Waals surface area contributed by atoms with Gasteiger partial charge in [-0.2, -0.15) is 5.26 Å². The van der Waals surface area contributed by atoms with Gasteiger partial charge in [0, 0.05) is 24.3 Å². The predicted octanol–water partition coefficient (Wildman–Crippen LogP) is 5.59. The standard InChI is InChI=1S/C28H29N5/c1-5-26-31-27-19(3)14-20(4)30-28(27)33(26)17-21-8-11-24-23(15-21)12-13-32(24)25(16-29)22-9-6-18(2)7-10-22/h6-11,14-15,25H,5,12-13,17H2,1-4H3. The Hall–Kier alpha value is -3.65. The second kappa shape index (κ2) is 8.37. The van der Waals surface area contributed by atoms with Gasteiger partial charge in [-0.3, -0.25) is 0 Å². The highest BCUT2D eigenvalue weighted by atomic mass is 15.2. The average molecular weight is 436 g/mol. The number of aromatic nitrogens is 3. The zero-order valence-corrected chi connectivity index (χ0v) is 19.8. The number of aryl methyl sites for hydroxylation is 4. The van der Waals surface area contributed by atoms with Gasteiger partial charge in [-0.15, -0.1) is 0 Å². The molecule has 1 aliphatic heterocycles. The van der Waals surface area contributed by atoms with E-state index in [0.29, 0.717) is 0 Å². The van der Waals surface area contributed by atoms with E-state index in [1.54, 1.807) is 0 Å². The van der Waals surface area contributed by atoms with Crippen molar-refractivity contribution in [3.05, 3.63) is 87.9 Å². The molecule has 5 rings (SSSR count). The summed E-state index contributed by atoms with van der Waals surface area (Å²) in [6, 6.07) is 19.3. The van der Waals surface area contributed by atoms with Crippen LogP contribution >= 0.6 is 0 Å². The lowest BCUT2D eigenvalue weighted by Gasteiger charge is -2.25. The molecule has 0 radical (unpaired) electrons. The van der Waals surface area contributed by atoms with Gasteiger partial charge in [0.15, 0.2) is 5.65 Å². The minimum absolute atomic E-state index is 0.267. The van der Waals surface area contributed by atoms with E-state index in [0.717, 1.165) is 54.2 Å². The molecular weight excluding hydrogens is 406 g/mol. The van der Waals surface area contributed by atoms with Gasteiger partial charge in [-0.1, -0.05) is 48.9 Å². The van der Waals surface area contributed by atoms with Gasteiger partial charge in [0.2, 0.25) is 0 Å². The van der Waals surface area contributed by atoms with Crippen LogP contribution in [0.2, 0.25) is 0 Å². The number of benzene rings is 2. The maximum absolute atomic E-state index is 9.95. The van der Waals surface area contributed by atoms with Crippen LogP contribution in [0.4, 0.5) is 5.69 Å². The fourth-order valence-electron chi connectivity index (χ4n) is 4.99. The highest BCUT2D eigenvalue weighted by Crippen LogP contribution is 2.36. The molecule has 1 unspecified atom stereocenters. The number of nitrogens with zero attached hydrogens (tertiary/aromatic N) is 5. The van der Waals surface area contributed by atoms with E-state index in [9.17, 15) is 5.26 Å². The Bertz CT molecular complexity index is 1370. The van der Waals surface area contributed by atoms with Crippen LogP contribution in [-0.4, -0.2) is 21.1 Å². The summed E-state index contributed by atoms with van der Waals surface area (Å²) in [7, 11) is 0. The third kappa shape index (κ3) is 3.76. The molecule has 2 aromatic carbocycles. The Labute approximate surface area is 195 Å². The average Bonchev–Trinajstić information content (AvgIpc) is 3.37. The summed E-state index contributed by atoms with van der Waals surface area (Å²) in [4.78, 5) is 11.9. The molecule has 0 amide bonds. The van der Waals surface area contributed by atoms with E-state index in [4.69, 9.17) is 9.97 Å². The van der Waals surface area contributed by atoms with Crippen molar-refractivity contribution in [1.82, 2.24) is 14.5 Å². The number of nitriles is 1. The molecule has 0 spiro atoms. The smallest absolute Gasteiger partial charge is 0.160 e. The summed E-state index contributed by atoms with van der Waals surface area (Å²) in [5.74, 6) is 1.07. The number of anilines is 1. The molecule has 5 nitrogen and oxygen atoms in total. The Morgan fingerprint density at radius 2 is 1.82 bits per heavy atom. The van der Waals surface area contributed by atoms with E-state index in [-0.39, 0.29) is 6.04 Å². The Morgan fingerprint density at radius 1 is 1.03 bits per heavy atom. The van der Waals surface area contributed by atoms with Crippen LogP contribution in [0, 0.1) is 32.1 Å². The number of hydrogen-bond donors (Lipinski definition) is 0. The van der Waals surface area contributed by atoms with Crippen LogP contribution in [0.5, 0.6) is 0 Å². The van der Waals surface area contributed by atoms with Crippen molar-refractivity contribution in [3.8, 4) is 6.07 Å². The molecule has 5 heteroatoms. The first-order valence-corrected chi connectivity index (χ1v) is 11.7. The van der Waals surface area contributed by atoms with Crippen LogP contribution in [-0.2, 0) is 19.4 Å². The Balaban J connectivity index is 1.47. The van der Waals surface area contributed by atoms with Gasteiger partial charge in [-0.25, -0.2) is 9.97 Å². The summed E-state index contributed by atoms with van der Waals surface area (Å²) >= 11 is 0.